The number of anilines is 2. The van der Waals surface area contributed by atoms with Gasteiger partial charge in [-0.15, -0.1) is 23.6 Å². The van der Waals surface area contributed by atoms with E-state index >= 15 is 0 Å². The molecule has 7 nitrogen and oxygen atoms in total. The summed E-state index contributed by atoms with van der Waals surface area (Å²) in [6.07, 6.45) is 5.91. The molecule has 1 saturated heterocycles. The summed E-state index contributed by atoms with van der Waals surface area (Å²) in [5.41, 5.74) is 9.43. The Labute approximate surface area is 327 Å². The van der Waals surface area contributed by atoms with Crippen LogP contribution in [0.3, 0.4) is 0 Å². The second-order valence-corrected chi connectivity index (χ2v) is 15.8. The van der Waals surface area contributed by atoms with Crippen LogP contribution < -0.4 is 14.4 Å². The van der Waals surface area contributed by atoms with E-state index in [-0.39, 0.29) is 33.6 Å². The van der Waals surface area contributed by atoms with Gasteiger partial charge in [-0.1, -0.05) is 114 Å². The number of pyridine rings is 1. The number of hydrogen-bond acceptors (Lipinski definition) is 5. The topological polar surface area (TPSA) is 51.4 Å². The fourth-order valence-electron chi connectivity index (χ4n) is 8.16. The number of para-hydroxylation sites is 2. The zero-order valence-corrected chi connectivity index (χ0v) is 33.6. The van der Waals surface area contributed by atoms with Crippen molar-refractivity contribution in [1.82, 2.24) is 19.0 Å². The van der Waals surface area contributed by atoms with Gasteiger partial charge in [0.05, 0.1) is 0 Å². The summed E-state index contributed by atoms with van der Waals surface area (Å²) < 4.78 is 11.1. The van der Waals surface area contributed by atoms with Crippen molar-refractivity contribution >= 4 is 40.3 Å². The first-order chi connectivity index (χ1) is 25.1. The Kier molecular flexibility index (Phi) is 8.81. The molecular formula is C44H43BN6OPt. The van der Waals surface area contributed by atoms with Crippen LogP contribution in [-0.4, -0.2) is 39.2 Å². The quantitative estimate of drug-likeness (QED) is 0.123. The fourth-order valence-corrected chi connectivity index (χ4v) is 8.16. The van der Waals surface area contributed by atoms with Crippen molar-refractivity contribution in [3.05, 3.63) is 126 Å². The number of fused-ring (bicyclic) bond motifs is 9. The maximum absolute atomic E-state index is 6.58. The molecule has 2 aliphatic heterocycles. The van der Waals surface area contributed by atoms with Gasteiger partial charge in [-0.05, 0) is 57.5 Å². The van der Waals surface area contributed by atoms with Crippen LogP contribution in [0.15, 0.2) is 97.5 Å². The van der Waals surface area contributed by atoms with Crippen LogP contribution >= 0.6 is 0 Å². The molecule has 268 valence electrons. The molecule has 7 aromatic rings. The SMILES string of the molecule is CC(C)c1cccc(C(C)C)c1N1CCN2B1n1ccnc1-c1[c-]c(Oc3[c-]c4c(cc3)c3ccccc3n4-c3cc(C(C)(C)C)ccn3)ccc12.[Pt+2]. The fraction of sp³-hybridized carbons (Fsp3) is 0.273. The normalized spacial score (nSPS) is 13.9. The van der Waals surface area contributed by atoms with E-state index in [2.05, 4.69) is 152 Å². The predicted octanol–water partition coefficient (Wildman–Crippen LogP) is 10.1. The third kappa shape index (κ3) is 5.77. The summed E-state index contributed by atoms with van der Waals surface area (Å²) in [7, 11) is -0.00868. The summed E-state index contributed by atoms with van der Waals surface area (Å²) in [5, 5.41) is 2.26. The van der Waals surface area contributed by atoms with E-state index in [0.29, 0.717) is 23.3 Å². The van der Waals surface area contributed by atoms with E-state index in [0.717, 1.165) is 57.8 Å². The van der Waals surface area contributed by atoms with Crippen LogP contribution in [0.25, 0.3) is 39.0 Å². The van der Waals surface area contributed by atoms with Gasteiger partial charge in [0.15, 0.2) is 0 Å². The molecule has 0 spiro atoms. The van der Waals surface area contributed by atoms with Gasteiger partial charge in [-0.2, -0.15) is 6.07 Å². The summed E-state index contributed by atoms with van der Waals surface area (Å²) in [5.74, 6) is 3.83. The number of ether oxygens (including phenoxy) is 1. The van der Waals surface area contributed by atoms with Crippen molar-refractivity contribution in [3.8, 4) is 28.7 Å². The van der Waals surface area contributed by atoms with E-state index in [1.54, 1.807) is 0 Å². The molecule has 1 fully saturated rings. The van der Waals surface area contributed by atoms with Gasteiger partial charge in [0.1, 0.15) is 5.82 Å². The van der Waals surface area contributed by atoms with Crippen LogP contribution in [0.4, 0.5) is 11.4 Å². The van der Waals surface area contributed by atoms with E-state index in [4.69, 9.17) is 14.7 Å². The first-order valence-electron chi connectivity index (χ1n) is 18.4. The van der Waals surface area contributed by atoms with Crippen LogP contribution in [0.5, 0.6) is 11.5 Å². The molecule has 0 unspecified atom stereocenters. The molecule has 0 amide bonds. The molecule has 4 aromatic carbocycles. The minimum atomic E-state index is -0.00868. The smallest absolute Gasteiger partial charge is 0.503 e. The molecule has 0 N–H and O–H groups in total. The zero-order chi connectivity index (χ0) is 35.9. The van der Waals surface area contributed by atoms with Crippen LogP contribution in [0.2, 0.25) is 0 Å². The van der Waals surface area contributed by atoms with E-state index in [1.165, 1.54) is 22.4 Å². The Balaban J connectivity index is 0.00000400. The molecule has 9 heteroatoms. The summed E-state index contributed by atoms with van der Waals surface area (Å²) in [6, 6.07) is 35.1. The molecule has 0 radical (unpaired) electrons. The second kappa shape index (κ2) is 13.2. The van der Waals surface area contributed by atoms with Gasteiger partial charge in [-0.25, -0.2) is 4.98 Å². The second-order valence-electron chi connectivity index (χ2n) is 15.8. The van der Waals surface area contributed by atoms with E-state index in [9.17, 15) is 0 Å². The van der Waals surface area contributed by atoms with Crippen molar-refractivity contribution < 1.29 is 25.8 Å². The molecular weight excluding hydrogens is 834 g/mol. The maximum Gasteiger partial charge on any atom is 2.00 e. The Morgan fingerprint density at radius 3 is 2.23 bits per heavy atom. The molecule has 5 heterocycles. The maximum atomic E-state index is 6.58. The molecule has 53 heavy (non-hydrogen) atoms. The minimum Gasteiger partial charge on any atom is -0.503 e. The minimum absolute atomic E-state index is 0. The van der Waals surface area contributed by atoms with Gasteiger partial charge in [0.25, 0.3) is 0 Å². The Morgan fingerprint density at radius 1 is 0.755 bits per heavy atom. The molecule has 3 aromatic heterocycles. The van der Waals surface area contributed by atoms with Crippen molar-refractivity contribution in [1.29, 1.82) is 0 Å². The number of benzene rings is 4. The molecule has 9 rings (SSSR count). The molecule has 0 aliphatic carbocycles. The molecule has 2 aliphatic rings. The van der Waals surface area contributed by atoms with Crippen molar-refractivity contribution in [3.63, 3.8) is 0 Å². The summed E-state index contributed by atoms with van der Waals surface area (Å²) >= 11 is 0. The standard InChI is InChI=1S/C44H43BN6O.Pt/c1-28(2)33-12-10-13-34(29(3)4)42(33)49-24-23-48-38-18-16-31(26-37(38)43-47-21-22-50(43)45(48)49)52-32-15-17-36-35-11-8-9-14-39(35)51(40(36)27-32)41-25-30(19-20-46-41)44(5,6)7;/h8-22,25,28-29H,23-24H2,1-7H3;/q-2;+2. The Bertz CT molecular complexity index is 2470. The Hall–Kier alpha value is -4.81. The van der Waals surface area contributed by atoms with Crippen molar-refractivity contribution in [2.24, 2.45) is 0 Å². The van der Waals surface area contributed by atoms with Crippen LogP contribution in [-0.2, 0) is 26.5 Å². The molecule has 0 saturated carbocycles. The van der Waals surface area contributed by atoms with Gasteiger partial charge in [0.2, 0.25) is 0 Å². The van der Waals surface area contributed by atoms with Gasteiger partial charge >= 0.3 is 28.2 Å². The van der Waals surface area contributed by atoms with Gasteiger partial charge < -0.3 is 23.4 Å². The van der Waals surface area contributed by atoms with Crippen LogP contribution in [0, 0.1) is 12.1 Å². The number of rotatable bonds is 6. The number of imidazole rings is 1. The monoisotopic (exact) mass is 877 g/mol. The molecule has 0 bridgehead atoms. The number of nitrogens with zero attached hydrogens (tertiary/aromatic N) is 6. The van der Waals surface area contributed by atoms with Crippen molar-refractivity contribution in [2.75, 3.05) is 22.7 Å². The average molecular weight is 878 g/mol. The van der Waals surface area contributed by atoms with E-state index < -0.39 is 0 Å². The Morgan fingerprint density at radius 2 is 1.47 bits per heavy atom. The predicted molar refractivity (Wildman–Crippen MR) is 213 cm³/mol. The third-order valence-electron chi connectivity index (χ3n) is 10.7. The van der Waals surface area contributed by atoms with Crippen LogP contribution in [0.1, 0.15) is 77.0 Å². The van der Waals surface area contributed by atoms with Gasteiger partial charge in [0, 0.05) is 60.2 Å². The first-order valence-corrected chi connectivity index (χ1v) is 18.4. The average Bonchev–Trinajstić information content (AvgIpc) is 3.87. The number of aromatic nitrogens is 4. The largest absolute Gasteiger partial charge is 2.00 e. The first kappa shape index (κ1) is 35.2. The van der Waals surface area contributed by atoms with E-state index in [1.807, 2.05) is 24.5 Å². The van der Waals surface area contributed by atoms with Gasteiger partial charge in [-0.3, -0.25) is 4.98 Å². The molecule has 0 atom stereocenters. The summed E-state index contributed by atoms with van der Waals surface area (Å²) in [4.78, 5) is 14.8. The van der Waals surface area contributed by atoms with Crippen molar-refractivity contribution in [2.45, 2.75) is 65.7 Å². The third-order valence-corrected chi connectivity index (χ3v) is 10.7. The summed E-state index contributed by atoms with van der Waals surface area (Å²) in [6.45, 7) is 17.7. The number of hydrogen-bond donors (Lipinski definition) is 0. The zero-order valence-electron chi connectivity index (χ0n) is 31.3.